The number of aliphatic hydroxyl groups is 1. The second-order valence-electron chi connectivity index (χ2n) is 4.78. The number of ether oxygens (including phenoxy) is 1. The van der Waals surface area contributed by atoms with Gasteiger partial charge in [0, 0.05) is 5.02 Å². The largest absolute Gasteiger partial charge is 0.496 e. The number of rotatable bonds is 3. The minimum absolute atomic E-state index is 0.190. The van der Waals surface area contributed by atoms with E-state index < -0.39 is 6.10 Å². The first-order valence-electron chi connectivity index (χ1n) is 6.44. The fourth-order valence-electron chi connectivity index (χ4n) is 2.38. The summed E-state index contributed by atoms with van der Waals surface area (Å²) in [4.78, 5) is 12.2. The molecule has 1 aromatic carbocycles. The molecule has 1 amide bonds. The van der Waals surface area contributed by atoms with Crippen LogP contribution >= 0.6 is 11.6 Å². The van der Waals surface area contributed by atoms with Crippen LogP contribution in [0.25, 0.3) is 0 Å². The molecular formula is C14H18ClNO3. The fraction of sp³-hybridized carbons (Fsp3) is 0.500. The van der Waals surface area contributed by atoms with Crippen LogP contribution < -0.4 is 10.1 Å². The van der Waals surface area contributed by atoms with Crippen LogP contribution in [0.2, 0.25) is 5.02 Å². The minimum Gasteiger partial charge on any atom is -0.496 e. The van der Waals surface area contributed by atoms with Crippen molar-refractivity contribution in [3.8, 4) is 5.75 Å². The number of hydrogen-bond donors (Lipinski definition) is 2. The van der Waals surface area contributed by atoms with Crippen molar-refractivity contribution in [1.82, 2.24) is 5.32 Å². The molecule has 0 bridgehead atoms. The zero-order valence-corrected chi connectivity index (χ0v) is 11.6. The Morgan fingerprint density at radius 1 is 1.42 bits per heavy atom. The molecule has 2 atom stereocenters. The van der Waals surface area contributed by atoms with E-state index in [0.29, 0.717) is 16.3 Å². The Hall–Kier alpha value is -1.26. The first-order valence-corrected chi connectivity index (χ1v) is 6.82. The van der Waals surface area contributed by atoms with E-state index in [2.05, 4.69) is 5.32 Å². The molecular weight excluding hydrogens is 266 g/mol. The normalized spacial score (nSPS) is 22.9. The summed E-state index contributed by atoms with van der Waals surface area (Å²) in [5.74, 6) is 0.220. The van der Waals surface area contributed by atoms with Gasteiger partial charge in [0.2, 0.25) is 0 Å². The lowest BCUT2D eigenvalue weighted by atomic mass is 9.92. The standard InChI is InChI=1S/C14H18ClNO3/c1-19-13-7-6-9(15)8-10(13)14(18)16-11-4-2-3-5-12(11)17/h6-8,11-12,17H,2-5H2,1H3,(H,16,18)/t11-,12-/m1/s1. The molecule has 1 saturated carbocycles. The van der Waals surface area contributed by atoms with Gasteiger partial charge in [0.15, 0.2) is 0 Å². The number of methoxy groups -OCH3 is 1. The maximum Gasteiger partial charge on any atom is 0.255 e. The second kappa shape index (κ2) is 6.26. The Balaban J connectivity index is 2.13. The maximum absolute atomic E-state index is 12.2. The number of aliphatic hydroxyl groups excluding tert-OH is 1. The monoisotopic (exact) mass is 283 g/mol. The number of carbonyl (C=O) groups excluding carboxylic acids is 1. The molecule has 0 spiro atoms. The molecule has 5 heteroatoms. The van der Waals surface area contributed by atoms with E-state index in [1.165, 1.54) is 7.11 Å². The molecule has 0 radical (unpaired) electrons. The average Bonchev–Trinajstić information content (AvgIpc) is 2.41. The van der Waals surface area contributed by atoms with Crippen molar-refractivity contribution in [3.63, 3.8) is 0 Å². The lowest BCUT2D eigenvalue weighted by Gasteiger charge is -2.28. The Morgan fingerprint density at radius 3 is 2.84 bits per heavy atom. The third kappa shape index (κ3) is 3.39. The SMILES string of the molecule is COc1ccc(Cl)cc1C(=O)N[C@@H]1CCCC[C@H]1O. The Labute approximate surface area is 117 Å². The molecule has 2 N–H and O–H groups in total. The van der Waals surface area contributed by atoms with Crippen molar-refractivity contribution < 1.29 is 14.6 Å². The highest BCUT2D eigenvalue weighted by Crippen LogP contribution is 2.24. The Morgan fingerprint density at radius 2 is 2.16 bits per heavy atom. The van der Waals surface area contributed by atoms with E-state index in [1.807, 2.05) is 0 Å². The molecule has 2 rings (SSSR count). The summed E-state index contributed by atoms with van der Waals surface area (Å²) in [6.45, 7) is 0. The molecule has 104 valence electrons. The van der Waals surface area contributed by atoms with Crippen LogP contribution in [-0.4, -0.2) is 30.3 Å². The summed E-state index contributed by atoms with van der Waals surface area (Å²) >= 11 is 5.90. The van der Waals surface area contributed by atoms with Gasteiger partial charge in [-0.1, -0.05) is 24.4 Å². The van der Waals surface area contributed by atoms with Gasteiger partial charge in [-0.2, -0.15) is 0 Å². The summed E-state index contributed by atoms with van der Waals surface area (Å²) in [5, 5.41) is 13.2. The van der Waals surface area contributed by atoms with Gasteiger partial charge in [0.25, 0.3) is 5.91 Å². The second-order valence-corrected chi connectivity index (χ2v) is 5.21. The van der Waals surface area contributed by atoms with E-state index in [9.17, 15) is 9.90 Å². The zero-order chi connectivity index (χ0) is 13.8. The number of carbonyl (C=O) groups is 1. The Kier molecular flexibility index (Phi) is 4.66. The van der Waals surface area contributed by atoms with Gasteiger partial charge in [-0.3, -0.25) is 4.79 Å². The van der Waals surface area contributed by atoms with Gasteiger partial charge in [-0.05, 0) is 31.0 Å². The number of benzene rings is 1. The number of halogens is 1. The quantitative estimate of drug-likeness (QED) is 0.895. The maximum atomic E-state index is 12.2. The summed E-state index contributed by atoms with van der Waals surface area (Å²) in [7, 11) is 1.51. The predicted molar refractivity (Wildman–Crippen MR) is 73.7 cm³/mol. The number of amides is 1. The van der Waals surface area contributed by atoms with Crippen LogP contribution in [0, 0.1) is 0 Å². The van der Waals surface area contributed by atoms with Crippen molar-refractivity contribution in [3.05, 3.63) is 28.8 Å². The van der Waals surface area contributed by atoms with Crippen LogP contribution in [-0.2, 0) is 0 Å². The van der Waals surface area contributed by atoms with Gasteiger partial charge >= 0.3 is 0 Å². The van der Waals surface area contributed by atoms with E-state index in [-0.39, 0.29) is 11.9 Å². The highest BCUT2D eigenvalue weighted by molar-refractivity contribution is 6.31. The van der Waals surface area contributed by atoms with Crippen molar-refractivity contribution >= 4 is 17.5 Å². The smallest absolute Gasteiger partial charge is 0.255 e. The highest BCUT2D eigenvalue weighted by atomic mass is 35.5. The van der Waals surface area contributed by atoms with Crippen molar-refractivity contribution in [2.75, 3.05) is 7.11 Å². The molecule has 1 aliphatic rings. The van der Waals surface area contributed by atoms with E-state index in [4.69, 9.17) is 16.3 Å². The fourth-order valence-corrected chi connectivity index (χ4v) is 2.56. The predicted octanol–water partition coefficient (Wildman–Crippen LogP) is 2.38. The molecule has 1 aliphatic carbocycles. The summed E-state index contributed by atoms with van der Waals surface area (Å²) in [6, 6.07) is 4.72. The molecule has 4 nitrogen and oxygen atoms in total. The van der Waals surface area contributed by atoms with Gasteiger partial charge in [0.1, 0.15) is 5.75 Å². The van der Waals surface area contributed by atoms with Crippen molar-refractivity contribution in [2.45, 2.75) is 37.8 Å². The van der Waals surface area contributed by atoms with E-state index in [1.54, 1.807) is 18.2 Å². The molecule has 1 fully saturated rings. The topological polar surface area (TPSA) is 58.6 Å². The van der Waals surface area contributed by atoms with Crippen LogP contribution in [0.1, 0.15) is 36.0 Å². The molecule has 0 aliphatic heterocycles. The number of hydrogen-bond acceptors (Lipinski definition) is 3. The number of nitrogens with one attached hydrogen (secondary N) is 1. The molecule has 0 heterocycles. The van der Waals surface area contributed by atoms with Gasteiger partial charge in [0.05, 0.1) is 24.8 Å². The molecule has 0 aromatic heterocycles. The van der Waals surface area contributed by atoms with E-state index >= 15 is 0 Å². The minimum atomic E-state index is -0.470. The first-order chi connectivity index (χ1) is 9.11. The van der Waals surface area contributed by atoms with Gasteiger partial charge in [-0.25, -0.2) is 0 Å². The third-order valence-corrected chi connectivity index (χ3v) is 3.69. The summed E-state index contributed by atoms with van der Waals surface area (Å²) in [6.07, 6.45) is 3.10. The van der Waals surface area contributed by atoms with Crippen LogP contribution in [0.5, 0.6) is 5.75 Å². The zero-order valence-electron chi connectivity index (χ0n) is 10.9. The summed E-state index contributed by atoms with van der Waals surface area (Å²) in [5.41, 5.74) is 0.396. The lowest BCUT2D eigenvalue weighted by molar-refractivity contribution is 0.0715. The molecule has 1 aromatic rings. The molecule has 19 heavy (non-hydrogen) atoms. The van der Waals surface area contributed by atoms with Crippen LogP contribution in [0.3, 0.4) is 0 Å². The van der Waals surface area contributed by atoms with E-state index in [0.717, 1.165) is 25.7 Å². The average molecular weight is 284 g/mol. The van der Waals surface area contributed by atoms with Crippen LogP contribution in [0.4, 0.5) is 0 Å². The van der Waals surface area contributed by atoms with Gasteiger partial charge in [-0.15, -0.1) is 0 Å². The summed E-state index contributed by atoms with van der Waals surface area (Å²) < 4.78 is 5.16. The Bertz CT molecular complexity index is 464. The molecule has 0 unspecified atom stereocenters. The lowest BCUT2D eigenvalue weighted by Crippen LogP contribution is -2.45. The highest BCUT2D eigenvalue weighted by Gasteiger charge is 2.25. The van der Waals surface area contributed by atoms with Crippen molar-refractivity contribution in [2.24, 2.45) is 0 Å². The van der Waals surface area contributed by atoms with Crippen LogP contribution in [0.15, 0.2) is 18.2 Å². The first kappa shape index (κ1) is 14.2. The van der Waals surface area contributed by atoms with Gasteiger partial charge < -0.3 is 15.2 Å². The third-order valence-electron chi connectivity index (χ3n) is 3.45. The molecule has 0 saturated heterocycles. The van der Waals surface area contributed by atoms with Crippen molar-refractivity contribution in [1.29, 1.82) is 0 Å².